The summed E-state index contributed by atoms with van der Waals surface area (Å²) >= 11 is 3.36. The number of hydrogen-bond donors (Lipinski definition) is 1. The third kappa shape index (κ3) is 4.06. The van der Waals surface area contributed by atoms with Gasteiger partial charge in [0, 0.05) is 18.1 Å². The van der Waals surface area contributed by atoms with Crippen LogP contribution in [0.4, 0.5) is 0 Å². The van der Waals surface area contributed by atoms with Crippen molar-refractivity contribution in [2.24, 2.45) is 5.41 Å². The first-order valence-electron chi connectivity index (χ1n) is 5.98. The predicted molar refractivity (Wildman–Crippen MR) is 76.9 cm³/mol. The average molecular weight is 328 g/mol. The van der Waals surface area contributed by atoms with Crippen LogP contribution in [0.25, 0.3) is 0 Å². The highest BCUT2D eigenvalue weighted by molar-refractivity contribution is 9.10. The summed E-state index contributed by atoms with van der Waals surface area (Å²) in [6, 6.07) is 7.84. The maximum Gasteiger partial charge on any atom is 0.318 e. The van der Waals surface area contributed by atoms with E-state index in [9.17, 15) is 9.59 Å². The van der Waals surface area contributed by atoms with E-state index in [-0.39, 0.29) is 5.91 Å². The van der Waals surface area contributed by atoms with Crippen molar-refractivity contribution < 1.29 is 14.7 Å². The maximum atomic E-state index is 12.0. The number of rotatable bonds is 5. The molecule has 0 atom stereocenters. The molecule has 0 saturated carbocycles. The molecule has 1 amide bonds. The second kappa shape index (κ2) is 6.19. The normalized spacial score (nSPS) is 11.2. The van der Waals surface area contributed by atoms with E-state index < -0.39 is 11.4 Å². The molecule has 0 aliphatic rings. The minimum atomic E-state index is -1.38. The Morgan fingerprint density at radius 2 is 1.79 bits per heavy atom. The topological polar surface area (TPSA) is 57.6 Å². The molecule has 0 spiro atoms. The van der Waals surface area contributed by atoms with Crippen molar-refractivity contribution in [1.29, 1.82) is 0 Å². The molecule has 104 valence electrons. The lowest BCUT2D eigenvalue weighted by Gasteiger charge is -2.25. The van der Waals surface area contributed by atoms with Gasteiger partial charge in [0.15, 0.2) is 0 Å². The molecule has 1 rings (SSSR count). The van der Waals surface area contributed by atoms with Crippen molar-refractivity contribution >= 4 is 27.8 Å². The van der Waals surface area contributed by atoms with Crippen LogP contribution in [0.3, 0.4) is 0 Å². The molecule has 0 unspecified atom stereocenters. The zero-order valence-electron chi connectivity index (χ0n) is 11.3. The third-order valence-electron chi connectivity index (χ3n) is 3.07. The van der Waals surface area contributed by atoms with Crippen LogP contribution in [-0.4, -0.2) is 35.5 Å². The van der Waals surface area contributed by atoms with Gasteiger partial charge in [-0.1, -0.05) is 28.1 Å². The Balaban J connectivity index is 2.60. The van der Waals surface area contributed by atoms with Crippen molar-refractivity contribution in [2.45, 2.75) is 20.3 Å². The summed E-state index contributed by atoms with van der Waals surface area (Å²) in [7, 11) is 1.63. The Bertz CT molecular complexity index is 468. The molecule has 0 bridgehead atoms. The maximum absolute atomic E-state index is 12.0. The molecule has 0 aliphatic carbocycles. The largest absolute Gasteiger partial charge is 0.480 e. The quantitative estimate of drug-likeness (QED) is 0.845. The lowest BCUT2D eigenvalue weighted by molar-refractivity contribution is -0.157. The summed E-state index contributed by atoms with van der Waals surface area (Å²) in [6.45, 7) is 3.35. The Hall–Kier alpha value is -1.36. The standard InChI is InChI=1S/C14H18BrNO3/c1-14(2,13(18)19)12(17)16(3)9-8-10-4-6-11(15)7-5-10/h4-7H,8-9H2,1-3H3,(H,18,19). The van der Waals surface area contributed by atoms with Crippen molar-refractivity contribution in [2.75, 3.05) is 13.6 Å². The second-order valence-corrected chi connectivity index (χ2v) is 5.95. The van der Waals surface area contributed by atoms with Crippen molar-refractivity contribution in [3.8, 4) is 0 Å². The van der Waals surface area contributed by atoms with Gasteiger partial charge in [0.25, 0.3) is 0 Å². The second-order valence-electron chi connectivity index (χ2n) is 5.03. The monoisotopic (exact) mass is 327 g/mol. The first-order chi connectivity index (χ1) is 8.75. The molecule has 0 aromatic heterocycles. The molecular weight excluding hydrogens is 310 g/mol. The molecule has 0 fully saturated rings. The number of carboxylic acids is 1. The van der Waals surface area contributed by atoms with Gasteiger partial charge < -0.3 is 10.0 Å². The van der Waals surface area contributed by atoms with E-state index in [1.54, 1.807) is 7.05 Å². The zero-order chi connectivity index (χ0) is 14.6. The van der Waals surface area contributed by atoms with E-state index in [1.165, 1.54) is 18.7 Å². The van der Waals surface area contributed by atoms with Crippen molar-refractivity contribution in [3.05, 3.63) is 34.3 Å². The van der Waals surface area contributed by atoms with Gasteiger partial charge in [-0.2, -0.15) is 0 Å². The molecule has 1 N–H and O–H groups in total. The smallest absolute Gasteiger partial charge is 0.318 e. The summed E-state index contributed by atoms with van der Waals surface area (Å²) < 4.78 is 1.01. The average Bonchev–Trinajstić information content (AvgIpc) is 2.36. The van der Waals surface area contributed by atoms with Crippen LogP contribution in [0.1, 0.15) is 19.4 Å². The molecule has 0 radical (unpaired) electrons. The number of nitrogens with zero attached hydrogens (tertiary/aromatic N) is 1. The number of carbonyl (C=O) groups is 2. The fourth-order valence-electron chi connectivity index (χ4n) is 1.62. The van der Waals surface area contributed by atoms with Crippen LogP contribution in [-0.2, 0) is 16.0 Å². The number of hydrogen-bond acceptors (Lipinski definition) is 2. The lowest BCUT2D eigenvalue weighted by atomic mass is 9.92. The summed E-state index contributed by atoms with van der Waals surface area (Å²) in [5, 5.41) is 9.02. The lowest BCUT2D eigenvalue weighted by Crippen LogP contribution is -2.44. The van der Waals surface area contributed by atoms with E-state index in [1.807, 2.05) is 24.3 Å². The van der Waals surface area contributed by atoms with Crippen LogP contribution in [0.2, 0.25) is 0 Å². The van der Waals surface area contributed by atoms with Gasteiger partial charge in [0.05, 0.1) is 0 Å². The van der Waals surface area contributed by atoms with Crippen LogP contribution < -0.4 is 0 Å². The van der Waals surface area contributed by atoms with Crippen LogP contribution in [0, 0.1) is 5.41 Å². The Labute approximate surface area is 121 Å². The number of amides is 1. The molecule has 0 saturated heterocycles. The van der Waals surface area contributed by atoms with Gasteiger partial charge in [-0.25, -0.2) is 0 Å². The summed E-state index contributed by atoms with van der Waals surface area (Å²) in [5.41, 5.74) is -0.273. The van der Waals surface area contributed by atoms with Crippen molar-refractivity contribution in [3.63, 3.8) is 0 Å². The number of carbonyl (C=O) groups excluding carboxylic acids is 1. The highest BCUT2D eigenvalue weighted by Gasteiger charge is 2.37. The van der Waals surface area contributed by atoms with E-state index in [4.69, 9.17) is 5.11 Å². The van der Waals surface area contributed by atoms with Gasteiger partial charge in [-0.05, 0) is 38.0 Å². The number of carboxylic acid groups (broad SMARTS) is 1. The molecule has 1 aromatic carbocycles. The molecular formula is C14H18BrNO3. The molecule has 19 heavy (non-hydrogen) atoms. The van der Waals surface area contributed by atoms with Crippen molar-refractivity contribution in [1.82, 2.24) is 4.90 Å². The number of halogens is 1. The molecule has 0 heterocycles. The first-order valence-corrected chi connectivity index (χ1v) is 6.78. The molecule has 1 aromatic rings. The minimum absolute atomic E-state index is 0.378. The summed E-state index contributed by atoms with van der Waals surface area (Å²) in [5.74, 6) is -1.48. The predicted octanol–water partition coefficient (Wildman–Crippen LogP) is 2.56. The highest BCUT2D eigenvalue weighted by atomic mass is 79.9. The van der Waals surface area contributed by atoms with Gasteiger partial charge in [0.2, 0.25) is 5.91 Å². The molecule has 5 heteroatoms. The summed E-state index contributed by atoms with van der Waals surface area (Å²) in [6.07, 6.45) is 0.700. The molecule has 4 nitrogen and oxygen atoms in total. The molecule has 0 aliphatic heterocycles. The van der Waals surface area contributed by atoms with E-state index in [0.29, 0.717) is 13.0 Å². The zero-order valence-corrected chi connectivity index (χ0v) is 12.9. The van der Waals surface area contributed by atoms with E-state index in [2.05, 4.69) is 15.9 Å². The van der Waals surface area contributed by atoms with Crippen LogP contribution in [0.15, 0.2) is 28.7 Å². The van der Waals surface area contributed by atoms with Gasteiger partial charge in [-0.3, -0.25) is 9.59 Å². The number of aliphatic carboxylic acids is 1. The van der Waals surface area contributed by atoms with E-state index in [0.717, 1.165) is 10.0 Å². The minimum Gasteiger partial charge on any atom is -0.480 e. The fourth-order valence-corrected chi connectivity index (χ4v) is 1.88. The Kier molecular flexibility index (Phi) is 5.11. The van der Waals surface area contributed by atoms with Gasteiger partial charge in [0.1, 0.15) is 5.41 Å². The summed E-state index contributed by atoms with van der Waals surface area (Å²) in [4.78, 5) is 24.5. The third-order valence-corrected chi connectivity index (χ3v) is 3.59. The van der Waals surface area contributed by atoms with Crippen LogP contribution in [0.5, 0.6) is 0 Å². The SMILES string of the molecule is CN(CCc1ccc(Br)cc1)C(=O)C(C)(C)C(=O)O. The van der Waals surface area contributed by atoms with Gasteiger partial charge >= 0.3 is 5.97 Å². The first kappa shape index (κ1) is 15.7. The number of benzene rings is 1. The Morgan fingerprint density at radius 1 is 1.26 bits per heavy atom. The van der Waals surface area contributed by atoms with Crippen LogP contribution >= 0.6 is 15.9 Å². The highest BCUT2D eigenvalue weighted by Crippen LogP contribution is 2.19. The Morgan fingerprint density at radius 3 is 2.26 bits per heavy atom. The van der Waals surface area contributed by atoms with E-state index >= 15 is 0 Å². The van der Waals surface area contributed by atoms with Gasteiger partial charge in [-0.15, -0.1) is 0 Å². The number of likely N-dealkylation sites (N-methyl/N-ethyl adjacent to an activating group) is 1. The fraction of sp³-hybridized carbons (Fsp3) is 0.429.